The average molecular weight is 387 g/mol. The second-order valence-electron chi connectivity index (χ2n) is 5.80. The van der Waals surface area contributed by atoms with Gasteiger partial charge < -0.3 is 10.6 Å². The maximum atomic E-state index is 12.3. The molecule has 0 bridgehead atoms. The number of halogens is 2. The third-order valence-electron chi connectivity index (χ3n) is 3.85. The second kappa shape index (κ2) is 7.72. The Morgan fingerprint density at radius 2 is 1.58 bits per heavy atom. The fourth-order valence-electron chi connectivity index (χ4n) is 2.24. The molecule has 0 saturated heterocycles. The van der Waals surface area contributed by atoms with Gasteiger partial charge in [-0.3, -0.25) is 4.79 Å². The molecule has 132 valence electrons. The summed E-state index contributed by atoms with van der Waals surface area (Å²) in [5.41, 5.74) is 4.08. The molecule has 26 heavy (non-hydrogen) atoms. The summed E-state index contributed by atoms with van der Waals surface area (Å²) in [6, 6.07) is 10.9. The smallest absolute Gasteiger partial charge is 0.258 e. The van der Waals surface area contributed by atoms with Gasteiger partial charge in [0.05, 0.1) is 15.6 Å². The van der Waals surface area contributed by atoms with Crippen molar-refractivity contribution in [1.29, 1.82) is 0 Å². The first-order chi connectivity index (χ1) is 12.4. The van der Waals surface area contributed by atoms with Crippen LogP contribution in [0.25, 0.3) is 0 Å². The van der Waals surface area contributed by atoms with E-state index in [9.17, 15) is 4.79 Å². The molecular weight excluding hydrogens is 371 g/mol. The van der Waals surface area contributed by atoms with E-state index in [2.05, 4.69) is 20.6 Å². The molecule has 0 aliphatic rings. The minimum absolute atomic E-state index is 0.269. The Balaban J connectivity index is 1.69. The van der Waals surface area contributed by atoms with E-state index >= 15 is 0 Å². The number of carbonyl (C=O) groups excluding carboxylic acids is 1. The van der Waals surface area contributed by atoms with E-state index in [1.807, 2.05) is 32.0 Å². The molecule has 1 amide bonds. The van der Waals surface area contributed by atoms with Gasteiger partial charge in [0.2, 0.25) is 5.95 Å². The van der Waals surface area contributed by atoms with Gasteiger partial charge in [-0.1, -0.05) is 29.3 Å². The monoisotopic (exact) mass is 386 g/mol. The normalized spacial score (nSPS) is 10.5. The van der Waals surface area contributed by atoms with Crippen molar-refractivity contribution in [3.8, 4) is 0 Å². The second-order valence-corrected chi connectivity index (χ2v) is 6.62. The van der Waals surface area contributed by atoms with E-state index in [-0.39, 0.29) is 5.91 Å². The number of aromatic nitrogens is 2. The zero-order chi connectivity index (χ0) is 18.7. The molecule has 1 heterocycles. The van der Waals surface area contributed by atoms with Crippen LogP contribution < -0.4 is 10.6 Å². The maximum absolute atomic E-state index is 12.3. The van der Waals surface area contributed by atoms with Crippen LogP contribution in [0.15, 0.2) is 48.8 Å². The van der Waals surface area contributed by atoms with E-state index in [1.165, 1.54) is 18.0 Å². The van der Waals surface area contributed by atoms with Crippen molar-refractivity contribution in [2.45, 2.75) is 13.8 Å². The molecule has 0 fully saturated rings. The molecule has 0 atom stereocenters. The number of nitrogens with one attached hydrogen (secondary N) is 2. The minimum atomic E-state index is -0.269. The number of aryl methyl sites for hydroxylation is 2. The third kappa shape index (κ3) is 4.31. The van der Waals surface area contributed by atoms with Gasteiger partial charge in [0, 0.05) is 23.8 Å². The Bertz CT molecular complexity index is 958. The first-order valence-electron chi connectivity index (χ1n) is 7.85. The quantitative estimate of drug-likeness (QED) is 0.629. The first-order valence-corrected chi connectivity index (χ1v) is 8.61. The van der Waals surface area contributed by atoms with Gasteiger partial charge in [-0.05, 0) is 55.3 Å². The van der Waals surface area contributed by atoms with Crippen molar-refractivity contribution in [2.75, 3.05) is 10.6 Å². The van der Waals surface area contributed by atoms with E-state index in [4.69, 9.17) is 23.2 Å². The van der Waals surface area contributed by atoms with E-state index in [0.29, 0.717) is 27.2 Å². The lowest BCUT2D eigenvalue weighted by molar-refractivity contribution is 0.102. The summed E-state index contributed by atoms with van der Waals surface area (Å²) in [4.78, 5) is 20.6. The maximum Gasteiger partial charge on any atom is 0.258 e. The molecule has 5 nitrogen and oxygen atoms in total. The summed E-state index contributed by atoms with van der Waals surface area (Å²) in [6.07, 6.45) is 2.92. The summed E-state index contributed by atoms with van der Waals surface area (Å²) < 4.78 is 0. The Labute approximate surface area is 161 Å². The number of carbonyl (C=O) groups is 1. The molecule has 0 radical (unpaired) electrons. The highest BCUT2D eigenvalue weighted by molar-refractivity contribution is 6.42. The topological polar surface area (TPSA) is 66.9 Å². The van der Waals surface area contributed by atoms with Crippen LogP contribution in [0, 0.1) is 13.8 Å². The molecule has 2 aromatic carbocycles. The Kier molecular flexibility index (Phi) is 5.40. The Hall–Kier alpha value is -2.63. The summed E-state index contributed by atoms with van der Waals surface area (Å²) >= 11 is 11.9. The van der Waals surface area contributed by atoms with Gasteiger partial charge in [-0.2, -0.15) is 0 Å². The van der Waals surface area contributed by atoms with Gasteiger partial charge in [0.15, 0.2) is 0 Å². The van der Waals surface area contributed by atoms with Crippen molar-refractivity contribution in [1.82, 2.24) is 9.97 Å². The van der Waals surface area contributed by atoms with Crippen molar-refractivity contribution in [2.24, 2.45) is 0 Å². The first kappa shape index (κ1) is 18.2. The van der Waals surface area contributed by atoms with Gasteiger partial charge in [0.1, 0.15) is 0 Å². The molecule has 2 N–H and O–H groups in total. The molecule has 0 unspecified atom stereocenters. The molecule has 0 aliphatic heterocycles. The zero-order valence-electron chi connectivity index (χ0n) is 14.2. The lowest BCUT2D eigenvalue weighted by atomic mass is 10.1. The van der Waals surface area contributed by atoms with Gasteiger partial charge in [0.25, 0.3) is 5.91 Å². The number of amides is 1. The van der Waals surface area contributed by atoms with E-state index in [1.54, 1.807) is 18.2 Å². The largest absolute Gasteiger partial charge is 0.324 e. The lowest BCUT2D eigenvalue weighted by Crippen LogP contribution is -2.13. The van der Waals surface area contributed by atoms with Crippen LogP contribution in [-0.2, 0) is 0 Å². The summed E-state index contributed by atoms with van der Waals surface area (Å²) in [5, 5.41) is 6.74. The average Bonchev–Trinajstić information content (AvgIpc) is 2.62. The highest BCUT2D eigenvalue weighted by atomic mass is 35.5. The van der Waals surface area contributed by atoms with Crippen LogP contribution in [0.4, 0.5) is 17.3 Å². The zero-order valence-corrected chi connectivity index (χ0v) is 15.7. The van der Waals surface area contributed by atoms with Crippen molar-refractivity contribution in [3.63, 3.8) is 0 Å². The van der Waals surface area contributed by atoms with Crippen LogP contribution >= 0.6 is 23.2 Å². The number of anilines is 3. The SMILES string of the molecule is Cc1ccc(NC(=O)c2cnc(Nc3ccc(Cl)c(Cl)c3)nc2)cc1C. The van der Waals surface area contributed by atoms with Crippen molar-refractivity contribution in [3.05, 3.63) is 75.5 Å². The number of nitrogens with zero attached hydrogens (tertiary/aromatic N) is 2. The molecule has 0 spiro atoms. The van der Waals surface area contributed by atoms with Crippen LogP contribution in [0.2, 0.25) is 10.0 Å². The number of benzene rings is 2. The van der Waals surface area contributed by atoms with E-state index < -0.39 is 0 Å². The number of rotatable bonds is 4. The number of hydrogen-bond acceptors (Lipinski definition) is 4. The van der Waals surface area contributed by atoms with Crippen LogP contribution in [0.5, 0.6) is 0 Å². The summed E-state index contributed by atoms with van der Waals surface area (Å²) in [6.45, 7) is 4.02. The van der Waals surface area contributed by atoms with Gasteiger partial charge in [-0.25, -0.2) is 9.97 Å². The predicted octanol–water partition coefficient (Wildman–Crippen LogP) is 5.40. The molecule has 0 aliphatic carbocycles. The molecule has 1 aromatic heterocycles. The predicted molar refractivity (Wildman–Crippen MR) is 106 cm³/mol. The summed E-state index contributed by atoms with van der Waals surface area (Å²) in [7, 11) is 0. The highest BCUT2D eigenvalue weighted by Gasteiger charge is 2.09. The molecule has 7 heteroatoms. The van der Waals surface area contributed by atoms with Crippen LogP contribution in [0.1, 0.15) is 21.5 Å². The Morgan fingerprint density at radius 1 is 0.885 bits per heavy atom. The fourth-order valence-corrected chi connectivity index (χ4v) is 2.53. The van der Waals surface area contributed by atoms with Crippen molar-refractivity contribution < 1.29 is 4.79 Å². The van der Waals surface area contributed by atoms with Crippen LogP contribution in [-0.4, -0.2) is 15.9 Å². The van der Waals surface area contributed by atoms with Gasteiger partial charge in [-0.15, -0.1) is 0 Å². The molecule has 3 aromatic rings. The van der Waals surface area contributed by atoms with Gasteiger partial charge >= 0.3 is 0 Å². The molecular formula is C19H16Cl2N4O. The highest BCUT2D eigenvalue weighted by Crippen LogP contribution is 2.26. The third-order valence-corrected chi connectivity index (χ3v) is 4.59. The minimum Gasteiger partial charge on any atom is -0.324 e. The van der Waals surface area contributed by atoms with Crippen LogP contribution in [0.3, 0.4) is 0 Å². The molecule has 3 rings (SSSR count). The standard InChI is InChI=1S/C19H16Cl2N4O/c1-11-3-4-14(7-12(11)2)24-18(26)13-9-22-19(23-10-13)25-15-5-6-16(20)17(21)8-15/h3-10H,1-2H3,(H,24,26)(H,22,23,25). The van der Waals surface area contributed by atoms with E-state index in [0.717, 1.165) is 11.3 Å². The number of hydrogen-bond donors (Lipinski definition) is 2. The van der Waals surface area contributed by atoms with Crippen molar-refractivity contribution >= 4 is 46.4 Å². The molecule has 0 saturated carbocycles. The Morgan fingerprint density at radius 3 is 2.23 bits per heavy atom. The summed E-state index contributed by atoms with van der Waals surface area (Å²) in [5.74, 6) is 0.0838. The lowest BCUT2D eigenvalue weighted by Gasteiger charge is -2.08. The fraction of sp³-hybridized carbons (Fsp3) is 0.105.